The molecular formula is C14H21NO2. The van der Waals surface area contributed by atoms with E-state index in [-0.39, 0.29) is 12.1 Å². The third-order valence-electron chi connectivity index (χ3n) is 2.38. The lowest BCUT2D eigenvalue weighted by atomic mass is 10.1. The normalized spacial score (nSPS) is 12.1. The first-order chi connectivity index (χ1) is 8.22. The highest BCUT2D eigenvalue weighted by molar-refractivity contribution is 5.72. The molecule has 0 heterocycles. The van der Waals surface area contributed by atoms with Gasteiger partial charge in [0.05, 0.1) is 6.42 Å². The topological polar surface area (TPSA) is 38.3 Å². The second-order valence-corrected chi connectivity index (χ2v) is 4.17. The van der Waals surface area contributed by atoms with Gasteiger partial charge in [-0.05, 0) is 25.5 Å². The number of rotatable bonds is 7. The van der Waals surface area contributed by atoms with Crippen molar-refractivity contribution in [2.24, 2.45) is 0 Å². The van der Waals surface area contributed by atoms with Gasteiger partial charge in [-0.1, -0.05) is 37.3 Å². The van der Waals surface area contributed by atoms with E-state index in [2.05, 4.69) is 12.2 Å². The summed E-state index contributed by atoms with van der Waals surface area (Å²) in [6.07, 6.45) is 1.36. The lowest BCUT2D eigenvalue weighted by Crippen LogP contribution is -2.29. The van der Waals surface area contributed by atoms with E-state index in [1.165, 1.54) is 0 Å². The third-order valence-corrected chi connectivity index (χ3v) is 2.38. The largest absolute Gasteiger partial charge is 0.461 e. The average molecular weight is 235 g/mol. The summed E-state index contributed by atoms with van der Waals surface area (Å²) in [6.45, 7) is 5.69. The molecule has 0 saturated carbocycles. The van der Waals surface area contributed by atoms with Crippen LogP contribution in [0.1, 0.15) is 25.8 Å². The van der Waals surface area contributed by atoms with Crippen molar-refractivity contribution in [1.82, 2.24) is 5.32 Å². The lowest BCUT2D eigenvalue weighted by molar-refractivity contribution is -0.147. The SMILES string of the molecule is CCCNCC(C)OC(=O)Cc1ccccc1. The van der Waals surface area contributed by atoms with E-state index < -0.39 is 0 Å². The molecule has 0 aliphatic carbocycles. The molecule has 0 fully saturated rings. The molecule has 0 bridgehead atoms. The molecule has 0 spiro atoms. The smallest absolute Gasteiger partial charge is 0.310 e. The summed E-state index contributed by atoms with van der Waals surface area (Å²) >= 11 is 0. The van der Waals surface area contributed by atoms with Crippen LogP contribution < -0.4 is 5.32 Å². The molecule has 0 radical (unpaired) electrons. The zero-order valence-corrected chi connectivity index (χ0v) is 10.6. The van der Waals surface area contributed by atoms with Crippen molar-refractivity contribution in [2.45, 2.75) is 32.8 Å². The van der Waals surface area contributed by atoms with Gasteiger partial charge >= 0.3 is 5.97 Å². The fourth-order valence-electron chi connectivity index (χ4n) is 1.55. The highest BCUT2D eigenvalue weighted by Gasteiger charge is 2.09. The third kappa shape index (κ3) is 6.07. The molecule has 3 nitrogen and oxygen atoms in total. The fraction of sp³-hybridized carbons (Fsp3) is 0.500. The molecule has 0 amide bonds. The zero-order valence-electron chi connectivity index (χ0n) is 10.6. The molecule has 94 valence electrons. The van der Waals surface area contributed by atoms with Gasteiger partial charge in [0.2, 0.25) is 0 Å². The van der Waals surface area contributed by atoms with Crippen molar-refractivity contribution in [3.05, 3.63) is 35.9 Å². The Balaban J connectivity index is 2.25. The average Bonchev–Trinajstić information content (AvgIpc) is 2.30. The van der Waals surface area contributed by atoms with Crippen LogP contribution in [0.25, 0.3) is 0 Å². The quantitative estimate of drug-likeness (QED) is 0.581. The summed E-state index contributed by atoms with van der Waals surface area (Å²) < 4.78 is 5.30. The van der Waals surface area contributed by atoms with Gasteiger partial charge in [-0.25, -0.2) is 0 Å². The van der Waals surface area contributed by atoms with Gasteiger partial charge in [-0.2, -0.15) is 0 Å². The van der Waals surface area contributed by atoms with Crippen molar-refractivity contribution >= 4 is 5.97 Å². The monoisotopic (exact) mass is 235 g/mol. The Morgan fingerprint density at radius 2 is 2.06 bits per heavy atom. The molecule has 1 aromatic carbocycles. The van der Waals surface area contributed by atoms with Crippen molar-refractivity contribution in [3.63, 3.8) is 0 Å². The van der Waals surface area contributed by atoms with Gasteiger partial charge in [0.25, 0.3) is 0 Å². The van der Waals surface area contributed by atoms with Crippen LogP contribution in [0.3, 0.4) is 0 Å². The van der Waals surface area contributed by atoms with Gasteiger partial charge in [0, 0.05) is 6.54 Å². The first kappa shape index (κ1) is 13.7. The Bertz CT molecular complexity index is 324. The summed E-state index contributed by atoms with van der Waals surface area (Å²) in [5.74, 6) is -0.165. The Morgan fingerprint density at radius 1 is 1.35 bits per heavy atom. The first-order valence-corrected chi connectivity index (χ1v) is 6.16. The van der Waals surface area contributed by atoms with Crippen LogP contribution in [0.15, 0.2) is 30.3 Å². The zero-order chi connectivity index (χ0) is 12.5. The summed E-state index contributed by atoms with van der Waals surface area (Å²) in [5.41, 5.74) is 0.992. The van der Waals surface area contributed by atoms with E-state index in [4.69, 9.17) is 4.74 Å². The predicted octanol–water partition coefficient (Wildman–Crippen LogP) is 2.16. The highest BCUT2D eigenvalue weighted by Crippen LogP contribution is 2.02. The minimum absolute atomic E-state index is 0.0715. The maximum Gasteiger partial charge on any atom is 0.310 e. The molecule has 17 heavy (non-hydrogen) atoms. The Kier molecular flexibility index (Phi) is 6.33. The van der Waals surface area contributed by atoms with Gasteiger partial charge in [0.15, 0.2) is 0 Å². The maximum absolute atomic E-state index is 11.6. The summed E-state index contributed by atoms with van der Waals surface area (Å²) in [6, 6.07) is 9.65. The molecule has 1 unspecified atom stereocenters. The molecule has 0 saturated heterocycles. The van der Waals surface area contributed by atoms with Crippen LogP contribution >= 0.6 is 0 Å². The van der Waals surface area contributed by atoms with Crippen LogP contribution in [-0.4, -0.2) is 25.2 Å². The molecule has 0 aromatic heterocycles. The van der Waals surface area contributed by atoms with E-state index in [1.807, 2.05) is 37.3 Å². The molecule has 1 atom stereocenters. The second kappa shape index (κ2) is 7.85. The number of carbonyl (C=O) groups is 1. The molecule has 1 rings (SSSR count). The predicted molar refractivity (Wildman–Crippen MR) is 68.9 cm³/mol. The second-order valence-electron chi connectivity index (χ2n) is 4.17. The van der Waals surface area contributed by atoms with Crippen molar-refractivity contribution in [1.29, 1.82) is 0 Å². The van der Waals surface area contributed by atoms with Crippen LogP contribution in [0, 0.1) is 0 Å². The number of hydrogen-bond acceptors (Lipinski definition) is 3. The van der Waals surface area contributed by atoms with Crippen molar-refractivity contribution < 1.29 is 9.53 Å². The number of nitrogens with one attached hydrogen (secondary N) is 1. The Labute approximate surface area is 103 Å². The van der Waals surface area contributed by atoms with E-state index in [1.54, 1.807) is 0 Å². The highest BCUT2D eigenvalue weighted by atomic mass is 16.5. The molecule has 0 aliphatic rings. The molecular weight excluding hydrogens is 214 g/mol. The maximum atomic E-state index is 11.6. The number of benzene rings is 1. The molecule has 1 aromatic rings. The van der Waals surface area contributed by atoms with Crippen LogP contribution in [0.4, 0.5) is 0 Å². The lowest BCUT2D eigenvalue weighted by Gasteiger charge is -2.13. The summed E-state index contributed by atoms with van der Waals surface area (Å²) in [7, 11) is 0. The fourth-order valence-corrected chi connectivity index (χ4v) is 1.55. The number of ether oxygens (including phenoxy) is 1. The van der Waals surface area contributed by atoms with Crippen LogP contribution in [-0.2, 0) is 16.0 Å². The molecule has 3 heteroatoms. The standard InChI is InChI=1S/C14H21NO2/c1-3-9-15-11-12(2)17-14(16)10-13-7-5-4-6-8-13/h4-8,12,15H,3,9-11H2,1-2H3. The number of esters is 1. The van der Waals surface area contributed by atoms with Gasteiger partial charge in [-0.3, -0.25) is 4.79 Å². The number of carbonyl (C=O) groups excluding carboxylic acids is 1. The number of hydrogen-bond donors (Lipinski definition) is 1. The Hall–Kier alpha value is -1.35. The molecule has 0 aliphatic heterocycles. The Morgan fingerprint density at radius 3 is 2.71 bits per heavy atom. The van der Waals surface area contributed by atoms with Gasteiger partial charge in [0.1, 0.15) is 6.10 Å². The van der Waals surface area contributed by atoms with E-state index in [0.29, 0.717) is 13.0 Å². The van der Waals surface area contributed by atoms with E-state index in [9.17, 15) is 4.79 Å². The van der Waals surface area contributed by atoms with Crippen LogP contribution in [0.2, 0.25) is 0 Å². The summed E-state index contributed by atoms with van der Waals surface area (Å²) in [4.78, 5) is 11.6. The first-order valence-electron chi connectivity index (χ1n) is 6.16. The minimum Gasteiger partial charge on any atom is -0.461 e. The van der Waals surface area contributed by atoms with E-state index in [0.717, 1.165) is 18.5 Å². The minimum atomic E-state index is -0.165. The molecule has 1 N–H and O–H groups in total. The van der Waals surface area contributed by atoms with Crippen LogP contribution in [0.5, 0.6) is 0 Å². The van der Waals surface area contributed by atoms with Gasteiger partial charge in [-0.15, -0.1) is 0 Å². The van der Waals surface area contributed by atoms with E-state index >= 15 is 0 Å². The van der Waals surface area contributed by atoms with Crippen molar-refractivity contribution in [3.8, 4) is 0 Å². The summed E-state index contributed by atoms with van der Waals surface area (Å²) in [5, 5.41) is 3.23. The van der Waals surface area contributed by atoms with Gasteiger partial charge < -0.3 is 10.1 Å². The van der Waals surface area contributed by atoms with Crippen molar-refractivity contribution in [2.75, 3.05) is 13.1 Å².